The summed E-state index contributed by atoms with van der Waals surface area (Å²) in [6, 6.07) is 40.4. The van der Waals surface area contributed by atoms with Crippen molar-refractivity contribution in [2.24, 2.45) is 0 Å². The van der Waals surface area contributed by atoms with Gasteiger partial charge in [-0.15, -0.1) is 0 Å². The quantitative estimate of drug-likeness (QED) is 0.111. The van der Waals surface area contributed by atoms with Gasteiger partial charge in [-0.05, 0) is 56.0 Å². The molecular formula is C43H42ClNO5. The number of esters is 1. The summed E-state index contributed by atoms with van der Waals surface area (Å²) in [5.74, 6) is -0.644. The van der Waals surface area contributed by atoms with E-state index in [1.54, 1.807) is 6.07 Å². The molecule has 0 radical (unpaired) electrons. The van der Waals surface area contributed by atoms with Crippen molar-refractivity contribution in [3.8, 4) is 11.1 Å². The Morgan fingerprint density at radius 3 is 1.92 bits per heavy atom. The van der Waals surface area contributed by atoms with E-state index in [1.165, 1.54) is 0 Å². The Labute approximate surface area is 299 Å². The average Bonchev–Trinajstić information content (AvgIpc) is 3.43. The van der Waals surface area contributed by atoms with Gasteiger partial charge in [0.1, 0.15) is 6.61 Å². The highest BCUT2D eigenvalue weighted by molar-refractivity contribution is 6.31. The van der Waals surface area contributed by atoms with E-state index in [2.05, 4.69) is 29.6 Å². The van der Waals surface area contributed by atoms with Gasteiger partial charge in [0.25, 0.3) is 0 Å². The minimum Gasteiger partial charge on any atom is -0.449 e. The third kappa shape index (κ3) is 7.62. The summed E-state index contributed by atoms with van der Waals surface area (Å²) in [6.07, 6.45) is -0.813. The molecule has 0 saturated carbocycles. The number of carbonyl (C=O) groups excluding carboxylic acids is 2. The maximum Gasteiger partial charge on any atom is 0.407 e. The third-order valence-corrected chi connectivity index (χ3v) is 9.28. The fourth-order valence-electron chi connectivity index (χ4n) is 6.58. The third-order valence-electron chi connectivity index (χ3n) is 8.95. The first-order valence-electron chi connectivity index (χ1n) is 16.9. The first-order chi connectivity index (χ1) is 24.0. The van der Waals surface area contributed by atoms with E-state index < -0.39 is 29.3 Å². The first-order valence-corrected chi connectivity index (χ1v) is 17.3. The second-order valence-electron chi connectivity index (χ2n) is 13.7. The van der Waals surface area contributed by atoms with Crippen LogP contribution < -0.4 is 5.32 Å². The lowest BCUT2D eigenvalue weighted by atomic mass is 9.79. The van der Waals surface area contributed by atoms with Crippen LogP contribution >= 0.6 is 11.6 Å². The maximum atomic E-state index is 14.2. The highest BCUT2D eigenvalue weighted by atomic mass is 35.5. The summed E-state index contributed by atoms with van der Waals surface area (Å²) in [5, 5.41) is 3.36. The monoisotopic (exact) mass is 687 g/mol. The predicted octanol–water partition coefficient (Wildman–Crippen LogP) is 9.60. The molecule has 0 aromatic heterocycles. The van der Waals surface area contributed by atoms with Crippen molar-refractivity contribution in [2.75, 3.05) is 13.2 Å². The van der Waals surface area contributed by atoms with Crippen LogP contribution in [0, 0.1) is 6.92 Å². The van der Waals surface area contributed by atoms with Crippen molar-refractivity contribution in [2.45, 2.75) is 57.3 Å². The van der Waals surface area contributed by atoms with E-state index in [9.17, 15) is 9.59 Å². The molecule has 5 aromatic carbocycles. The van der Waals surface area contributed by atoms with Crippen LogP contribution in [0.15, 0.2) is 127 Å². The standard InChI is InChI=1S/C43H42ClNO5/c1-29-22-24-31(25-23-29)43(30-14-6-5-7-15-30,38-20-12-13-21-39(38)44)50-40(46)26-32(27-49-42(2,3)4)45-41(47)48-28-37-35-18-10-8-16-33(35)34-17-9-11-19-36(34)37/h5-25,32,37H,26-28H2,1-4H3,(H,45,47). The molecule has 6 nitrogen and oxygen atoms in total. The van der Waals surface area contributed by atoms with Crippen LogP contribution in [0.4, 0.5) is 4.79 Å². The Morgan fingerprint density at radius 1 is 0.740 bits per heavy atom. The van der Waals surface area contributed by atoms with Crippen molar-refractivity contribution in [1.82, 2.24) is 5.32 Å². The maximum absolute atomic E-state index is 14.2. The Bertz CT molecular complexity index is 1910. The van der Waals surface area contributed by atoms with Crippen molar-refractivity contribution in [3.05, 3.63) is 166 Å². The molecule has 1 aliphatic rings. The van der Waals surface area contributed by atoms with Crippen molar-refractivity contribution < 1.29 is 23.8 Å². The van der Waals surface area contributed by atoms with E-state index >= 15 is 0 Å². The number of carbonyl (C=O) groups is 2. The van der Waals surface area contributed by atoms with E-state index in [0.29, 0.717) is 10.6 Å². The molecule has 1 N–H and O–H groups in total. The summed E-state index contributed by atoms with van der Waals surface area (Å²) >= 11 is 6.86. The van der Waals surface area contributed by atoms with Crippen molar-refractivity contribution >= 4 is 23.7 Å². The van der Waals surface area contributed by atoms with Gasteiger partial charge < -0.3 is 19.5 Å². The van der Waals surface area contributed by atoms with Crippen LogP contribution in [-0.4, -0.2) is 36.9 Å². The topological polar surface area (TPSA) is 73.9 Å². The van der Waals surface area contributed by atoms with Crippen LogP contribution in [-0.2, 0) is 24.6 Å². The van der Waals surface area contributed by atoms with Crippen LogP contribution in [0.2, 0.25) is 5.02 Å². The molecule has 0 saturated heterocycles. The second-order valence-corrected chi connectivity index (χ2v) is 14.1. The number of aryl methyl sites for hydroxylation is 1. The smallest absolute Gasteiger partial charge is 0.407 e. The molecule has 0 aliphatic heterocycles. The molecule has 2 unspecified atom stereocenters. The lowest BCUT2D eigenvalue weighted by Crippen LogP contribution is -2.44. The zero-order valence-corrected chi connectivity index (χ0v) is 29.6. The lowest BCUT2D eigenvalue weighted by molar-refractivity contribution is -0.154. The van der Waals surface area contributed by atoms with Gasteiger partial charge in [0.2, 0.25) is 0 Å². The molecule has 5 aromatic rings. The molecule has 0 spiro atoms. The normalized spacial score (nSPS) is 14.2. The van der Waals surface area contributed by atoms with E-state index in [-0.39, 0.29) is 25.6 Å². The molecule has 1 amide bonds. The fraction of sp³-hybridized carbons (Fsp3) is 0.256. The van der Waals surface area contributed by atoms with Gasteiger partial charge in [0.15, 0.2) is 5.60 Å². The van der Waals surface area contributed by atoms with E-state index in [1.807, 2.05) is 125 Å². The number of hydrogen-bond acceptors (Lipinski definition) is 5. The predicted molar refractivity (Wildman–Crippen MR) is 197 cm³/mol. The number of nitrogens with one attached hydrogen (secondary N) is 1. The largest absolute Gasteiger partial charge is 0.449 e. The summed E-state index contributed by atoms with van der Waals surface area (Å²) < 4.78 is 18.5. The zero-order chi connectivity index (χ0) is 35.3. The Balaban J connectivity index is 1.26. The van der Waals surface area contributed by atoms with Crippen molar-refractivity contribution in [3.63, 3.8) is 0 Å². The molecule has 0 heterocycles. The molecule has 256 valence electrons. The molecule has 6 rings (SSSR count). The van der Waals surface area contributed by atoms with Crippen molar-refractivity contribution in [1.29, 1.82) is 0 Å². The molecule has 2 atom stereocenters. The minimum absolute atomic E-state index is 0.0672. The fourth-order valence-corrected chi connectivity index (χ4v) is 6.85. The molecule has 7 heteroatoms. The summed E-state index contributed by atoms with van der Waals surface area (Å²) in [6.45, 7) is 7.98. The van der Waals surface area contributed by atoms with E-state index in [0.717, 1.165) is 38.9 Å². The number of fused-ring (bicyclic) bond motifs is 3. The Morgan fingerprint density at radius 2 is 1.30 bits per heavy atom. The summed E-state index contributed by atoms with van der Waals surface area (Å²) in [7, 11) is 0. The van der Waals surface area contributed by atoms with Gasteiger partial charge in [-0.1, -0.05) is 138 Å². The van der Waals surface area contributed by atoms with Gasteiger partial charge in [-0.2, -0.15) is 0 Å². The van der Waals surface area contributed by atoms with Crippen LogP contribution in [0.1, 0.15) is 66.5 Å². The highest BCUT2D eigenvalue weighted by Gasteiger charge is 2.42. The SMILES string of the molecule is Cc1ccc(C(OC(=O)CC(COC(C)(C)C)NC(=O)OCC2c3ccccc3-c3ccccc32)(c2ccccc2)c2ccccc2Cl)cc1. The highest BCUT2D eigenvalue weighted by Crippen LogP contribution is 2.45. The first kappa shape index (κ1) is 34.9. The number of halogens is 1. The van der Waals surface area contributed by atoms with Gasteiger partial charge in [0, 0.05) is 27.6 Å². The lowest BCUT2D eigenvalue weighted by Gasteiger charge is -2.36. The van der Waals surface area contributed by atoms with Crippen LogP contribution in [0.5, 0.6) is 0 Å². The van der Waals surface area contributed by atoms with Crippen LogP contribution in [0.25, 0.3) is 11.1 Å². The summed E-state index contributed by atoms with van der Waals surface area (Å²) in [5.41, 5.74) is 5.79. The number of amides is 1. The second kappa shape index (κ2) is 14.9. The number of alkyl carbamates (subject to hydrolysis) is 1. The Kier molecular flexibility index (Phi) is 10.4. The van der Waals surface area contributed by atoms with Gasteiger partial charge in [-0.3, -0.25) is 4.79 Å². The Hall–Kier alpha value is -4.91. The van der Waals surface area contributed by atoms with Gasteiger partial charge in [-0.25, -0.2) is 4.79 Å². The van der Waals surface area contributed by atoms with E-state index in [4.69, 9.17) is 25.8 Å². The minimum atomic E-state index is -1.37. The van der Waals surface area contributed by atoms with Crippen LogP contribution in [0.3, 0.4) is 0 Å². The molecule has 50 heavy (non-hydrogen) atoms. The number of benzene rings is 5. The number of rotatable bonds is 11. The zero-order valence-electron chi connectivity index (χ0n) is 28.8. The van der Waals surface area contributed by atoms with Gasteiger partial charge >= 0.3 is 12.1 Å². The molecular weight excluding hydrogens is 646 g/mol. The molecule has 0 fully saturated rings. The number of hydrogen-bond donors (Lipinski definition) is 1. The average molecular weight is 688 g/mol. The van der Waals surface area contributed by atoms with Gasteiger partial charge in [0.05, 0.1) is 24.7 Å². The molecule has 1 aliphatic carbocycles. The molecule has 0 bridgehead atoms. The number of ether oxygens (including phenoxy) is 3. The summed E-state index contributed by atoms with van der Waals surface area (Å²) in [4.78, 5) is 27.6.